The summed E-state index contributed by atoms with van der Waals surface area (Å²) in [4.78, 5) is 0. The van der Waals surface area contributed by atoms with Crippen molar-refractivity contribution in [1.82, 2.24) is 0 Å². The van der Waals surface area contributed by atoms with Crippen LogP contribution < -0.4 is 0 Å². The van der Waals surface area contributed by atoms with Crippen molar-refractivity contribution in [3.05, 3.63) is 109 Å². The molecule has 0 fully saturated rings. The van der Waals surface area contributed by atoms with Crippen molar-refractivity contribution < 1.29 is 4.42 Å². The highest BCUT2D eigenvalue weighted by Gasteiger charge is 2.11. The number of hydrogen-bond donors (Lipinski definition) is 0. The number of benzene rings is 5. The molecule has 0 aliphatic heterocycles. The molecule has 1 heteroatoms. The maximum absolute atomic E-state index is 6.09. The summed E-state index contributed by atoms with van der Waals surface area (Å²) in [5, 5.41) is 4.99. The lowest BCUT2D eigenvalue weighted by Gasteiger charge is -2.14. The van der Waals surface area contributed by atoms with Gasteiger partial charge in [0, 0.05) is 10.8 Å². The number of furan rings is 1. The fourth-order valence-corrected chi connectivity index (χ4v) is 4.83. The summed E-state index contributed by atoms with van der Waals surface area (Å²) in [5.74, 6) is 0.504. The van der Waals surface area contributed by atoms with Crippen LogP contribution in [-0.2, 0) is 0 Å². The van der Waals surface area contributed by atoms with E-state index in [2.05, 4.69) is 105 Å². The first kappa shape index (κ1) is 18.9. The molecule has 5 aromatic carbocycles. The van der Waals surface area contributed by atoms with E-state index in [1.807, 2.05) is 12.1 Å². The van der Waals surface area contributed by atoms with Crippen LogP contribution in [0.5, 0.6) is 0 Å². The van der Waals surface area contributed by atoms with E-state index < -0.39 is 0 Å². The van der Waals surface area contributed by atoms with Crippen LogP contribution in [0.3, 0.4) is 0 Å². The molecule has 0 aliphatic rings. The Labute approximate surface area is 187 Å². The van der Waals surface area contributed by atoms with E-state index in [0.29, 0.717) is 5.92 Å². The first-order valence-electron chi connectivity index (χ1n) is 11.2. The van der Waals surface area contributed by atoms with E-state index in [9.17, 15) is 0 Å². The van der Waals surface area contributed by atoms with E-state index in [-0.39, 0.29) is 0 Å². The molecule has 0 bridgehead atoms. The largest absolute Gasteiger partial charge is 0.456 e. The zero-order valence-electron chi connectivity index (χ0n) is 18.3. The quantitative estimate of drug-likeness (QED) is 0.282. The molecule has 1 nitrogen and oxygen atoms in total. The van der Waals surface area contributed by atoms with Crippen LogP contribution in [-0.4, -0.2) is 0 Å². The molecular weight excluding hydrogens is 388 g/mol. The molecular formula is C31H24O. The van der Waals surface area contributed by atoms with Crippen molar-refractivity contribution in [3.8, 4) is 22.3 Å². The normalized spacial score (nSPS) is 11.7. The third kappa shape index (κ3) is 3.01. The fraction of sp³-hybridized carbons (Fsp3) is 0.0968. The van der Waals surface area contributed by atoms with Gasteiger partial charge in [0.25, 0.3) is 0 Å². The summed E-state index contributed by atoms with van der Waals surface area (Å²) >= 11 is 0. The molecule has 0 amide bonds. The average Bonchev–Trinajstić information content (AvgIpc) is 3.21. The highest BCUT2D eigenvalue weighted by Crippen LogP contribution is 2.36. The van der Waals surface area contributed by atoms with Crippen molar-refractivity contribution in [3.63, 3.8) is 0 Å². The van der Waals surface area contributed by atoms with Gasteiger partial charge in [-0.15, -0.1) is 0 Å². The molecule has 154 valence electrons. The second kappa shape index (κ2) is 7.39. The van der Waals surface area contributed by atoms with Gasteiger partial charge in [-0.2, -0.15) is 0 Å². The van der Waals surface area contributed by atoms with E-state index in [4.69, 9.17) is 4.42 Å². The molecule has 0 radical (unpaired) electrons. The van der Waals surface area contributed by atoms with Gasteiger partial charge in [0.15, 0.2) is 0 Å². The molecule has 0 saturated carbocycles. The minimum atomic E-state index is 0.504. The van der Waals surface area contributed by atoms with Crippen molar-refractivity contribution >= 4 is 32.7 Å². The van der Waals surface area contributed by atoms with Gasteiger partial charge >= 0.3 is 0 Å². The van der Waals surface area contributed by atoms with Gasteiger partial charge in [0.1, 0.15) is 11.2 Å². The summed E-state index contributed by atoms with van der Waals surface area (Å²) in [6.45, 7) is 4.52. The molecule has 0 spiro atoms. The highest BCUT2D eigenvalue weighted by atomic mass is 16.3. The third-order valence-electron chi connectivity index (χ3n) is 6.49. The lowest BCUT2D eigenvalue weighted by Crippen LogP contribution is -1.91. The van der Waals surface area contributed by atoms with E-state index in [0.717, 1.165) is 16.6 Å². The number of fused-ring (bicyclic) bond motifs is 4. The van der Waals surface area contributed by atoms with Crippen LogP contribution >= 0.6 is 0 Å². The Morgan fingerprint density at radius 3 is 1.91 bits per heavy atom. The minimum absolute atomic E-state index is 0.504. The third-order valence-corrected chi connectivity index (χ3v) is 6.49. The first-order valence-corrected chi connectivity index (χ1v) is 11.2. The summed E-state index contributed by atoms with van der Waals surface area (Å²) in [7, 11) is 0. The van der Waals surface area contributed by atoms with Gasteiger partial charge in [-0.1, -0.05) is 98.8 Å². The highest BCUT2D eigenvalue weighted by molar-refractivity contribution is 6.06. The van der Waals surface area contributed by atoms with Crippen LogP contribution in [0, 0.1) is 0 Å². The second-order valence-corrected chi connectivity index (χ2v) is 8.79. The van der Waals surface area contributed by atoms with Crippen molar-refractivity contribution in [2.45, 2.75) is 19.8 Å². The second-order valence-electron chi connectivity index (χ2n) is 8.79. The minimum Gasteiger partial charge on any atom is -0.456 e. The number of hydrogen-bond acceptors (Lipinski definition) is 1. The molecule has 0 saturated heterocycles. The molecule has 0 atom stereocenters. The molecule has 6 aromatic rings. The fourth-order valence-electron chi connectivity index (χ4n) is 4.83. The van der Waals surface area contributed by atoms with Crippen LogP contribution in [0.1, 0.15) is 25.3 Å². The van der Waals surface area contributed by atoms with Crippen molar-refractivity contribution in [2.24, 2.45) is 0 Å². The van der Waals surface area contributed by atoms with E-state index >= 15 is 0 Å². The predicted octanol–water partition coefficient (Wildman–Crippen LogP) is 9.20. The van der Waals surface area contributed by atoms with Gasteiger partial charge in [0.2, 0.25) is 0 Å². The smallest absolute Gasteiger partial charge is 0.136 e. The lowest BCUT2D eigenvalue weighted by molar-refractivity contribution is 0.669. The standard InChI is InChI=1S/C31H24O/c1-20(2)24-17-18-25(27-8-4-3-7-26(24)27)22-13-11-21(12-14-22)23-15-16-29-28-9-5-6-10-30(28)32-31(29)19-23/h3-20H,1-2H3. The SMILES string of the molecule is CC(C)c1ccc(-c2ccc(-c3ccc4c(c3)oc3ccccc34)cc2)c2ccccc12. The summed E-state index contributed by atoms with van der Waals surface area (Å²) in [6.07, 6.45) is 0. The van der Waals surface area contributed by atoms with Crippen LogP contribution in [0.25, 0.3) is 55.0 Å². The number of rotatable bonds is 3. The Kier molecular flexibility index (Phi) is 4.36. The summed E-state index contributed by atoms with van der Waals surface area (Å²) < 4.78 is 6.09. The maximum Gasteiger partial charge on any atom is 0.136 e. The molecule has 0 aliphatic carbocycles. The molecule has 0 N–H and O–H groups in total. The molecule has 32 heavy (non-hydrogen) atoms. The molecule has 0 unspecified atom stereocenters. The number of para-hydroxylation sites is 1. The first-order chi connectivity index (χ1) is 15.7. The lowest BCUT2D eigenvalue weighted by atomic mass is 9.90. The summed E-state index contributed by atoms with van der Waals surface area (Å²) in [6, 6.07) is 36.9. The van der Waals surface area contributed by atoms with Crippen LogP contribution in [0.4, 0.5) is 0 Å². The van der Waals surface area contributed by atoms with Gasteiger partial charge in [0.05, 0.1) is 0 Å². The van der Waals surface area contributed by atoms with Gasteiger partial charge in [-0.3, -0.25) is 0 Å². The monoisotopic (exact) mass is 412 g/mol. The Bertz CT molecular complexity index is 1580. The Morgan fingerprint density at radius 2 is 1.12 bits per heavy atom. The van der Waals surface area contributed by atoms with E-state index in [1.54, 1.807) is 0 Å². The zero-order valence-corrected chi connectivity index (χ0v) is 18.3. The molecule has 1 aromatic heterocycles. The molecule has 1 heterocycles. The van der Waals surface area contributed by atoms with Crippen LogP contribution in [0.2, 0.25) is 0 Å². The Morgan fingerprint density at radius 1 is 0.500 bits per heavy atom. The van der Waals surface area contributed by atoms with E-state index in [1.165, 1.54) is 44.0 Å². The molecule has 6 rings (SSSR count). The Balaban J connectivity index is 1.42. The van der Waals surface area contributed by atoms with Crippen LogP contribution in [0.15, 0.2) is 108 Å². The van der Waals surface area contributed by atoms with Crippen molar-refractivity contribution in [1.29, 1.82) is 0 Å². The van der Waals surface area contributed by atoms with Crippen molar-refractivity contribution in [2.75, 3.05) is 0 Å². The Hall–Kier alpha value is -3.84. The predicted molar refractivity (Wildman–Crippen MR) is 136 cm³/mol. The summed E-state index contributed by atoms with van der Waals surface area (Å²) in [5.41, 5.74) is 8.16. The van der Waals surface area contributed by atoms with Gasteiger partial charge < -0.3 is 4.42 Å². The van der Waals surface area contributed by atoms with Gasteiger partial charge in [-0.25, -0.2) is 0 Å². The van der Waals surface area contributed by atoms with Gasteiger partial charge in [-0.05, 0) is 62.7 Å². The maximum atomic E-state index is 6.09. The average molecular weight is 413 g/mol. The zero-order chi connectivity index (χ0) is 21.7. The topological polar surface area (TPSA) is 13.1 Å².